The monoisotopic (exact) mass is 234 g/mol. The van der Waals surface area contributed by atoms with E-state index in [0.717, 1.165) is 23.4 Å². The average Bonchev–Trinajstić information content (AvgIpc) is 2.47. The first-order valence-electron chi connectivity index (χ1n) is 5.91. The number of carbonyl (C=O) groups is 1. The number of fused-ring (bicyclic) bond motifs is 1. The number of benzene rings is 1. The molecule has 1 heterocycles. The van der Waals surface area contributed by atoms with Gasteiger partial charge in [-0.3, -0.25) is 4.79 Å². The fraction of sp³-hybridized carbons (Fsp3) is 0.462. The van der Waals surface area contributed by atoms with Gasteiger partial charge in [0.05, 0.1) is 18.8 Å². The Kier molecular flexibility index (Phi) is 3.33. The summed E-state index contributed by atoms with van der Waals surface area (Å²) in [7, 11) is 1.65. The van der Waals surface area contributed by atoms with Crippen molar-refractivity contribution in [3.63, 3.8) is 0 Å². The van der Waals surface area contributed by atoms with Gasteiger partial charge in [0.2, 0.25) is 5.91 Å². The van der Waals surface area contributed by atoms with Gasteiger partial charge in [-0.05, 0) is 31.9 Å². The van der Waals surface area contributed by atoms with Crippen LogP contribution in [0.2, 0.25) is 0 Å². The highest BCUT2D eigenvalue weighted by Crippen LogP contribution is 2.33. The summed E-state index contributed by atoms with van der Waals surface area (Å²) >= 11 is 0. The number of hydrogen-bond donors (Lipinski definition) is 1. The third kappa shape index (κ3) is 2.00. The van der Waals surface area contributed by atoms with E-state index in [1.165, 1.54) is 0 Å². The maximum Gasteiger partial charge on any atom is 0.243 e. The predicted octanol–water partition coefficient (Wildman–Crippen LogP) is 1.32. The lowest BCUT2D eigenvalue weighted by molar-refractivity contribution is -0.119. The average molecular weight is 234 g/mol. The molecule has 1 amide bonds. The molecular weight excluding hydrogens is 216 g/mol. The molecule has 1 aliphatic rings. The SMILES string of the molecule is CCN1C(=O)C(N)CCc2c(OC)cccc21. The summed E-state index contributed by atoms with van der Waals surface area (Å²) in [5.41, 5.74) is 7.90. The molecule has 0 aromatic heterocycles. The second-order valence-corrected chi connectivity index (χ2v) is 4.19. The first-order chi connectivity index (χ1) is 8.19. The Hall–Kier alpha value is -1.55. The minimum absolute atomic E-state index is 0.000460. The third-order valence-corrected chi connectivity index (χ3v) is 3.22. The number of hydrogen-bond acceptors (Lipinski definition) is 3. The number of methoxy groups -OCH3 is 1. The molecule has 4 heteroatoms. The van der Waals surface area contributed by atoms with Gasteiger partial charge >= 0.3 is 0 Å². The van der Waals surface area contributed by atoms with Crippen molar-refractivity contribution in [2.45, 2.75) is 25.8 Å². The van der Waals surface area contributed by atoms with Gasteiger partial charge in [-0.25, -0.2) is 0 Å². The van der Waals surface area contributed by atoms with E-state index in [4.69, 9.17) is 10.5 Å². The highest BCUT2D eigenvalue weighted by molar-refractivity contribution is 5.98. The van der Waals surface area contributed by atoms with E-state index in [1.807, 2.05) is 25.1 Å². The summed E-state index contributed by atoms with van der Waals surface area (Å²) in [4.78, 5) is 13.8. The Morgan fingerprint density at radius 3 is 2.94 bits per heavy atom. The topological polar surface area (TPSA) is 55.6 Å². The van der Waals surface area contributed by atoms with E-state index in [1.54, 1.807) is 12.0 Å². The van der Waals surface area contributed by atoms with Gasteiger partial charge in [-0.2, -0.15) is 0 Å². The van der Waals surface area contributed by atoms with Gasteiger partial charge in [0.25, 0.3) is 0 Å². The maximum atomic E-state index is 12.1. The van der Waals surface area contributed by atoms with Gasteiger partial charge < -0.3 is 15.4 Å². The van der Waals surface area contributed by atoms with Crippen molar-refractivity contribution < 1.29 is 9.53 Å². The molecule has 0 saturated carbocycles. The zero-order valence-electron chi connectivity index (χ0n) is 10.3. The third-order valence-electron chi connectivity index (χ3n) is 3.22. The number of nitrogens with two attached hydrogens (primary N) is 1. The van der Waals surface area contributed by atoms with Crippen molar-refractivity contribution in [1.29, 1.82) is 0 Å². The number of likely N-dealkylation sites (N-methyl/N-ethyl adjacent to an activating group) is 1. The number of anilines is 1. The van der Waals surface area contributed by atoms with E-state index >= 15 is 0 Å². The molecule has 1 unspecified atom stereocenters. The minimum Gasteiger partial charge on any atom is -0.496 e. The summed E-state index contributed by atoms with van der Waals surface area (Å²) in [5, 5.41) is 0. The predicted molar refractivity (Wildman–Crippen MR) is 67.3 cm³/mol. The first kappa shape index (κ1) is 11.9. The summed E-state index contributed by atoms with van der Waals surface area (Å²) in [6, 6.07) is 5.38. The molecule has 1 aromatic carbocycles. The van der Waals surface area contributed by atoms with Crippen molar-refractivity contribution in [3.8, 4) is 5.75 Å². The van der Waals surface area contributed by atoms with Crippen molar-refractivity contribution in [2.24, 2.45) is 5.73 Å². The van der Waals surface area contributed by atoms with Gasteiger partial charge in [-0.1, -0.05) is 6.07 Å². The fourth-order valence-electron chi connectivity index (χ4n) is 2.32. The highest BCUT2D eigenvalue weighted by atomic mass is 16.5. The van der Waals surface area contributed by atoms with E-state index in [9.17, 15) is 4.79 Å². The van der Waals surface area contributed by atoms with Crippen LogP contribution in [0.4, 0.5) is 5.69 Å². The van der Waals surface area contributed by atoms with E-state index in [0.29, 0.717) is 13.0 Å². The van der Waals surface area contributed by atoms with Crippen LogP contribution in [0.1, 0.15) is 18.9 Å². The molecule has 1 atom stereocenters. The molecule has 0 aliphatic carbocycles. The number of ether oxygens (including phenoxy) is 1. The normalized spacial score (nSPS) is 19.8. The lowest BCUT2D eigenvalue weighted by Gasteiger charge is -2.23. The van der Waals surface area contributed by atoms with Gasteiger partial charge in [-0.15, -0.1) is 0 Å². The molecule has 1 aromatic rings. The second kappa shape index (κ2) is 4.75. The van der Waals surface area contributed by atoms with Gasteiger partial charge in [0, 0.05) is 12.1 Å². The number of amides is 1. The Balaban J connectivity index is 2.53. The lowest BCUT2D eigenvalue weighted by Crippen LogP contribution is -2.42. The van der Waals surface area contributed by atoms with Crippen LogP contribution in [-0.2, 0) is 11.2 Å². The lowest BCUT2D eigenvalue weighted by atomic mass is 10.1. The molecule has 0 spiro atoms. The van der Waals surface area contributed by atoms with E-state index in [-0.39, 0.29) is 5.91 Å². The maximum absolute atomic E-state index is 12.1. The van der Waals surface area contributed by atoms with Crippen molar-refractivity contribution in [1.82, 2.24) is 0 Å². The largest absolute Gasteiger partial charge is 0.496 e. The molecule has 2 N–H and O–H groups in total. The molecule has 0 fully saturated rings. The zero-order valence-corrected chi connectivity index (χ0v) is 10.3. The van der Waals surface area contributed by atoms with Crippen molar-refractivity contribution in [3.05, 3.63) is 23.8 Å². The highest BCUT2D eigenvalue weighted by Gasteiger charge is 2.28. The Bertz CT molecular complexity index is 431. The summed E-state index contributed by atoms with van der Waals surface area (Å²) < 4.78 is 5.35. The Morgan fingerprint density at radius 1 is 1.53 bits per heavy atom. The van der Waals surface area contributed by atoms with E-state index < -0.39 is 6.04 Å². The van der Waals surface area contributed by atoms with Crippen LogP contribution in [0.15, 0.2) is 18.2 Å². The molecule has 17 heavy (non-hydrogen) atoms. The van der Waals surface area contributed by atoms with Crippen LogP contribution in [-0.4, -0.2) is 25.6 Å². The van der Waals surface area contributed by atoms with Crippen LogP contribution in [0.3, 0.4) is 0 Å². The van der Waals surface area contributed by atoms with Crippen LogP contribution in [0.5, 0.6) is 5.75 Å². The molecule has 4 nitrogen and oxygen atoms in total. The zero-order chi connectivity index (χ0) is 12.4. The van der Waals surface area contributed by atoms with Crippen molar-refractivity contribution >= 4 is 11.6 Å². The number of nitrogens with zero attached hydrogens (tertiary/aromatic N) is 1. The second-order valence-electron chi connectivity index (χ2n) is 4.19. The molecule has 0 radical (unpaired) electrons. The number of rotatable bonds is 2. The Morgan fingerprint density at radius 2 is 2.29 bits per heavy atom. The molecule has 0 saturated heterocycles. The molecular formula is C13H18N2O2. The van der Waals surface area contributed by atoms with E-state index in [2.05, 4.69) is 0 Å². The minimum atomic E-state index is -0.410. The van der Waals surface area contributed by atoms with Crippen LogP contribution in [0.25, 0.3) is 0 Å². The molecule has 0 bridgehead atoms. The van der Waals surface area contributed by atoms with Crippen LogP contribution >= 0.6 is 0 Å². The summed E-state index contributed by atoms with van der Waals surface area (Å²) in [5.74, 6) is 0.836. The molecule has 92 valence electrons. The number of carbonyl (C=O) groups excluding carboxylic acids is 1. The van der Waals surface area contributed by atoms with Crippen LogP contribution in [0, 0.1) is 0 Å². The molecule has 1 aliphatic heterocycles. The first-order valence-corrected chi connectivity index (χ1v) is 5.91. The van der Waals surface area contributed by atoms with Crippen LogP contribution < -0.4 is 15.4 Å². The fourth-order valence-corrected chi connectivity index (χ4v) is 2.32. The standard InChI is InChI=1S/C13H18N2O2/c1-3-15-11-5-4-6-12(17-2)9(11)7-8-10(14)13(15)16/h4-6,10H,3,7-8,14H2,1-2H3. The summed E-state index contributed by atoms with van der Waals surface area (Å²) in [6.45, 7) is 2.59. The molecule has 2 rings (SSSR count). The Labute approximate surface area is 101 Å². The van der Waals surface area contributed by atoms with Gasteiger partial charge in [0.1, 0.15) is 5.75 Å². The van der Waals surface area contributed by atoms with Crippen molar-refractivity contribution in [2.75, 3.05) is 18.6 Å². The van der Waals surface area contributed by atoms with Gasteiger partial charge in [0.15, 0.2) is 0 Å². The smallest absolute Gasteiger partial charge is 0.243 e. The quantitative estimate of drug-likeness (QED) is 0.839. The summed E-state index contributed by atoms with van der Waals surface area (Å²) in [6.07, 6.45) is 1.45.